The molecule has 0 aromatic heterocycles. The van der Waals surface area contributed by atoms with Gasteiger partial charge in [0.2, 0.25) is 5.91 Å². The van der Waals surface area contributed by atoms with Crippen molar-refractivity contribution in [2.75, 3.05) is 19.6 Å². The molecule has 0 unspecified atom stereocenters. The molecule has 1 atom stereocenters. The summed E-state index contributed by atoms with van der Waals surface area (Å²) in [7, 11) is 0. The molecule has 0 spiro atoms. The van der Waals surface area contributed by atoms with Crippen molar-refractivity contribution in [2.24, 2.45) is 0 Å². The van der Waals surface area contributed by atoms with Crippen LogP contribution in [-0.2, 0) is 17.8 Å². The minimum Gasteiger partial charge on any atom is -0.351 e. The van der Waals surface area contributed by atoms with Crippen molar-refractivity contribution in [3.63, 3.8) is 0 Å². The zero-order chi connectivity index (χ0) is 19.1. The highest BCUT2D eigenvalue weighted by Gasteiger charge is 2.23. The molecule has 1 saturated carbocycles. The van der Waals surface area contributed by atoms with E-state index in [0.717, 1.165) is 25.6 Å². The normalized spacial score (nSPS) is 20.4. The Labute approximate surface area is 163 Å². The largest absolute Gasteiger partial charge is 0.351 e. The van der Waals surface area contributed by atoms with Crippen molar-refractivity contribution in [3.8, 4) is 0 Å². The number of nitrogens with one attached hydrogen (secondary N) is 2. The number of aryl methyl sites for hydroxylation is 1. The minimum atomic E-state index is -0.166. The maximum absolute atomic E-state index is 11.7. The highest BCUT2D eigenvalue weighted by molar-refractivity contribution is 5.78. The van der Waals surface area contributed by atoms with Crippen LogP contribution in [0.5, 0.6) is 0 Å². The lowest BCUT2D eigenvalue weighted by molar-refractivity contribution is -0.122. The molecule has 27 heavy (non-hydrogen) atoms. The van der Waals surface area contributed by atoms with Crippen LogP contribution < -0.4 is 10.8 Å². The van der Waals surface area contributed by atoms with Gasteiger partial charge in [-0.2, -0.15) is 5.48 Å². The van der Waals surface area contributed by atoms with Gasteiger partial charge < -0.3 is 10.5 Å². The van der Waals surface area contributed by atoms with E-state index in [1.807, 2.05) is 12.4 Å². The Bertz CT molecular complexity index is 614. The number of benzene rings is 1. The molecule has 2 aliphatic rings. The lowest BCUT2D eigenvalue weighted by atomic mass is 9.80. The third-order valence-corrected chi connectivity index (χ3v) is 6.09. The second-order valence-corrected chi connectivity index (χ2v) is 8.32. The van der Waals surface area contributed by atoms with Crippen molar-refractivity contribution >= 4 is 5.91 Å². The molecule has 5 heteroatoms. The van der Waals surface area contributed by atoms with E-state index in [2.05, 4.69) is 28.4 Å². The van der Waals surface area contributed by atoms with Crippen molar-refractivity contribution in [2.45, 2.75) is 76.8 Å². The fraction of sp³-hybridized carbons (Fsp3) is 0.682. The molecular weight excluding hydrogens is 338 g/mol. The summed E-state index contributed by atoms with van der Waals surface area (Å²) in [5.74, 6) is 0.558. The molecular formula is C22H35N3O2. The Morgan fingerprint density at radius 1 is 1.22 bits per heavy atom. The molecule has 0 saturated heterocycles. The van der Waals surface area contributed by atoms with Crippen LogP contribution >= 0.6 is 0 Å². The SMILES string of the molecule is C[C@@H](CN1CCCCc2cccc(C3CCCCC3)c2C1)NC(=O)CNO. The summed E-state index contributed by atoms with van der Waals surface area (Å²) in [5.41, 5.74) is 6.60. The first kappa shape index (κ1) is 20.3. The smallest absolute Gasteiger partial charge is 0.236 e. The average Bonchev–Trinajstić information content (AvgIpc) is 2.64. The average molecular weight is 374 g/mol. The highest BCUT2D eigenvalue weighted by Crippen LogP contribution is 2.36. The van der Waals surface area contributed by atoms with Gasteiger partial charge in [-0.3, -0.25) is 9.69 Å². The van der Waals surface area contributed by atoms with E-state index in [-0.39, 0.29) is 18.5 Å². The first-order valence-corrected chi connectivity index (χ1v) is 10.7. The maximum atomic E-state index is 11.7. The van der Waals surface area contributed by atoms with Gasteiger partial charge in [-0.25, -0.2) is 0 Å². The minimum absolute atomic E-state index is 0.0565. The maximum Gasteiger partial charge on any atom is 0.236 e. The topological polar surface area (TPSA) is 64.6 Å². The Hall–Kier alpha value is -1.43. The molecule has 0 radical (unpaired) electrons. The molecule has 0 bridgehead atoms. The van der Waals surface area contributed by atoms with Gasteiger partial charge >= 0.3 is 0 Å². The summed E-state index contributed by atoms with van der Waals surface area (Å²) >= 11 is 0. The van der Waals surface area contributed by atoms with Gasteiger partial charge in [0.15, 0.2) is 0 Å². The number of carbonyl (C=O) groups is 1. The number of hydrogen-bond acceptors (Lipinski definition) is 4. The zero-order valence-corrected chi connectivity index (χ0v) is 16.7. The molecule has 3 N–H and O–H groups in total. The van der Waals surface area contributed by atoms with Crippen molar-refractivity contribution in [1.82, 2.24) is 15.7 Å². The summed E-state index contributed by atoms with van der Waals surface area (Å²) in [6.45, 7) is 4.90. The van der Waals surface area contributed by atoms with E-state index in [1.165, 1.54) is 56.9 Å². The van der Waals surface area contributed by atoms with Crippen LogP contribution in [-0.4, -0.2) is 41.7 Å². The molecule has 1 aromatic carbocycles. The van der Waals surface area contributed by atoms with Crippen LogP contribution in [0.15, 0.2) is 18.2 Å². The molecule has 150 valence electrons. The van der Waals surface area contributed by atoms with Gasteiger partial charge in [0, 0.05) is 19.1 Å². The van der Waals surface area contributed by atoms with Crippen molar-refractivity contribution in [3.05, 3.63) is 34.9 Å². The molecule has 3 rings (SSSR count). The number of rotatable bonds is 6. The van der Waals surface area contributed by atoms with Crippen LogP contribution in [0.1, 0.15) is 74.5 Å². The quantitative estimate of drug-likeness (QED) is 0.669. The van der Waals surface area contributed by atoms with Crippen LogP contribution in [0, 0.1) is 0 Å². The number of fused-ring (bicyclic) bond motifs is 1. The van der Waals surface area contributed by atoms with E-state index < -0.39 is 0 Å². The van der Waals surface area contributed by atoms with Gasteiger partial charge in [0.05, 0.1) is 6.54 Å². The van der Waals surface area contributed by atoms with Gasteiger partial charge in [-0.15, -0.1) is 0 Å². The first-order valence-electron chi connectivity index (χ1n) is 10.7. The van der Waals surface area contributed by atoms with E-state index in [1.54, 1.807) is 11.1 Å². The Balaban J connectivity index is 1.72. The number of hydrogen-bond donors (Lipinski definition) is 3. The van der Waals surface area contributed by atoms with Crippen LogP contribution in [0.2, 0.25) is 0 Å². The van der Waals surface area contributed by atoms with Gasteiger partial charge in [-0.1, -0.05) is 37.5 Å². The van der Waals surface area contributed by atoms with E-state index in [9.17, 15) is 4.79 Å². The Morgan fingerprint density at radius 3 is 2.81 bits per heavy atom. The third kappa shape index (κ3) is 5.77. The summed E-state index contributed by atoms with van der Waals surface area (Å²) in [5, 5.41) is 11.6. The number of hydroxylamine groups is 1. The van der Waals surface area contributed by atoms with E-state index in [0.29, 0.717) is 0 Å². The molecule has 5 nitrogen and oxygen atoms in total. The van der Waals surface area contributed by atoms with Crippen LogP contribution in [0.4, 0.5) is 0 Å². The fourth-order valence-corrected chi connectivity index (χ4v) is 4.82. The lowest BCUT2D eigenvalue weighted by Gasteiger charge is -2.32. The summed E-state index contributed by atoms with van der Waals surface area (Å²) in [4.78, 5) is 14.2. The Kier molecular flexibility index (Phi) is 7.68. The second-order valence-electron chi connectivity index (χ2n) is 8.32. The van der Waals surface area contributed by atoms with Gasteiger partial charge in [-0.05, 0) is 68.2 Å². The number of nitrogens with zero attached hydrogens (tertiary/aromatic N) is 1. The van der Waals surface area contributed by atoms with Crippen LogP contribution in [0.25, 0.3) is 0 Å². The molecule has 1 aromatic rings. The third-order valence-electron chi connectivity index (χ3n) is 6.09. The summed E-state index contributed by atoms with van der Waals surface area (Å²) < 4.78 is 0. The monoisotopic (exact) mass is 373 g/mol. The van der Waals surface area contributed by atoms with Crippen LogP contribution in [0.3, 0.4) is 0 Å². The van der Waals surface area contributed by atoms with Crippen molar-refractivity contribution < 1.29 is 10.0 Å². The predicted octanol–water partition coefficient (Wildman–Crippen LogP) is 3.36. The lowest BCUT2D eigenvalue weighted by Crippen LogP contribution is -2.45. The van der Waals surface area contributed by atoms with Gasteiger partial charge in [0.25, 0.3) is 0 Å². The standard InChI is InChI=1S/C22H35N3O2/c1-17(24-22(26)14-23-27)15-25-13-6-5-10-19-11-7-12-20(21(19)16-25)18-8-3-2-4-9-18/h7,11-12,17-18,23,27H,2-6,8-10,13-16H2,1H3,(H,24,26)/t17-/m0/s1. The number of amides is 1. The highest BCUT2D eigenvalue weighted by atomic mass is 16.5. The summed E-state index contributed by atoms with van der Waals surface area (Å²) in [6.07, 6.45) is 10.4. The van der Waals surface area contributed by atoms with Crippen molar-refractivity contribution in [1.29, 1.82) is 0 Å². The molecule has 1 aliphatic heterocycles. The fourth-order valence-electron chi connectivity index (χ4n) is 4.82. The molecule has 1 aliphatic carbocycles. The number of carbonyl (C=O) groups excluding carboxylic acids is 1. The Morgan fingerprint density at radius 2 is 2.04 bits per heavy atom. The molecule has 1 fully saturated rings. The summed E-state index contributed by atoms with van der Waals surface area (Å²) in [6, 6.07) is 7.02. The van der Waals surface area contributed by atoms with E-state index >= 15 is 0 Å². The first-order chi connectivity index (χ1) is 13.2. The zero-order valence-electron chi connectivity index (χ0n) is 16.7. The molecule has 1 amide bonds. The second kappa shape index (κ2) is 10.2. The predicted molar refractivity (Wildman–Crippen MR) is 108 cm³/mol. The van der Waals surface area contributed by atoms with Gasteiger partial charge in [0.1, 0.15) is 0 Å². The molecule has 1 heterocycles. The van der Waals surface area contributed by atoms with E-state index in [4.69, 9.17) is 5.21 Å².